The van der Waals surface area contributed by atoms with Crippen LogP contribution in [0, 0.1) is 12.8 Å². The molecule has 0 aliphatic carbocycles. The minimum Gasteiger partial charge on any atom is -0.466 e. The molecule has 6 nitrogen and oxygen atoms in total. The van der Waals surface area contributed by atoms with Crippen LogP contribution in [-0.2, 0) is 18.3 Å². The van der Waals surface area contributed by atoms with Crippen molar-refractivity contribution in [3.05, 3.63) is 41.6 Å². The van der Waals surface area contributed by atoms with E-state index < -0.39 is 0 Å². The molecule has 3 rings (SSSR count). The van der Waals surface area contributed by atoms with Gasteiger partial charge < -0.3 is 9.32 Å². The average Bonchev–Trinajstić information content (AvgIpc) is 3.27. The number of carbonyl (C=O) groups excluding carboxylic acids is 1. The van der Waals surface area contributed by atoms with Crippen molar-refractivity contribution in [3.8, 4) is 0 Å². The molecule has 2 atom stereocenters. The Bertz CT molecular complexity index is 751. The van der Waals surface area contributed by atoms with Crippen LogP contribution < -0.4 is 0 Å². The van der Waals surface area contributed by atoms with Crippen molar-refractivity contribution in [1.82, 2.24) is 19.6 Å². The van der Waals surface area contributed by atoms with Crippen molar-refractivity contribution in [1.29, 1.82) is 0 Å². The fourth-order valence-electron chi connectivity index (χ4n) is 4.27. The molecule has 1 aliphatic heterocycles. The lowest BCUT2D eigenvalue weighted by Gasteiger charge is -2.42. The normalized spacial score (nSPS) is 20.7. The fraction of sp³-hybridized carbons (Fsp3) is 0.619. The second kappa shape index (κ2) is 8.74. The quantitative estimate of drug-likeness (QED) is 0.749. The predicted molar refractivity (Wildman–Crippen MR) is 105 cm³/mol. The molecule has 0 bridgehead atoms. The summed E-state index contributed by atoms with van der Waals surface area (Å²) < 4.78 is 7.45. The lowest BCUT2D eigenvalue weighted by atomic mass is 9.85. The second-order valence-electron chi connectivity index (χ2n) is 7.71. The van der Waals surface area contributed by atoms with Gasteiger partial charge in [0, 0.05) is 51.3 Å². The second-order valence-corrected chi connectivity index (χ2v) is 7.71. The van der Waals surface area contributed by atoms with E-state index in [9.17, 15) is 4.79 Å². The Balaban J connectivity index is 1.63. The molecule has 0 aromatic carbocycles. The Morgan fingerprint density at radius 2 is 2.22 bits per heavy atom. The summed E-state index contributed by atoms with van der Waals surface area (Å²) in [4.78, 5) is 17.1. The van der Waals surface area contributed by atoms with Gasteiger partial charge in [0.2, 0.25) is 5.91 Å². The van der Waals surface area contributed by atoms with E-state index >= 15 is 0 Å². The molecule has 1 aliphatic rings. The number of aromatic nitrogens is 2. The number of furan rings is 1. The van der Waals surface area contributed by atoms with Gasteiger partial charge in [-0.15, -0.1) is 0 Å². The van der Waals surface area contributed by atoms with Crippen LogP contribution in [0.5, 0.6) is 0 Å². The zero-order valence-electron chi connectivity index (χ0n) is 17.0. The Hall–Kier alpha value is -2.08. The predicted octanol–water partition coefficient (Wildman–Crippen LogP) is 3.19. The maximum absolute atomic E-state index is 12.6. The first kappa shape index (κ1) is 19.7. The van der Waals surface area contributed by atoms with E-state index in [1.165, 1.54) is 12.0 Å². The van der Waals surface area contributed by atoms with Crippen LogP contribution in [-0.4, -0.2) is 52.2 Å². The highest BCUT2D eigenvalue weighted by atomic mass is 16.3. The van der Waals surface area contributed by atoms with Crippen LogP contribution >= 0.6 is 0 Å². The molecule has 2 aromatic heterocycles. The first-order valence-electron chi connectivity index (χ1n) is 9.99. The van der Waals surface area contributed by atoms with Crippen LogP contribution in [0.2, 0.25) is 0 Å². The third-order valence-corrected chi connectivity index (χ3v) is 5.65. The van der Waals surface area contributed by atoms with Crippen molar-refractivity contribution >= 4 is 5.91 Å². The molecule has 1 amide bonds. The third kappa shape index (κ3) is 4.80. The van der Waals surface area contributed by atoms with Crippen molar-refractivity contribution in [2.75, 3.05) is 26.7 Å². The molecule has 6 heteroatoms. The molecule has 1 fully saturated rings. The summed E-state index contributed by atoms with van der Waals surface area (Å²) in [6.45, 7) is 7.06. The maximum Gasteiger partial charge on any atom is 0.222 e. The number of rotatable bonds is 7. The number of aryl methyl sites for hydroxylation is 3. The smallest absolute Gasteiger partial charge is 0.222 e. The molecule has 0 N–H and O–H groups in total. The minimum atomic E-state index is 0.183. The number of likely N-dealkylation sites (tertiary alicyclic amines) is 1. The summed E-state index contributed by atoms with van der Waals surface area (Å²) >= 11 is 0. The van der Waals surface area contributed by atoms with Gasteiger partial charge in [0.15, 0.2) is 0 Å². The topological polar surface area (TPSA) is 54.5 Å². The number of carbonyl (C=O) groups is 1. The molecule has 0 radical (unpaired) electrons. The van der Waals surface area contributed by atoms with Crippen molar-refractivity contribution in [3.63, 3.8) is 0 Å². The number of amides is 1. The van der Waals surface area contributed by atoms with Gasteiger partial charge in [-0.2, -0.15) is 5.10 Å². The van der Waals surface area contributed by atoms with E-state index in [1.54, 1.807) is 0 Å². The minimum absolute atomic E-state index is 0.183. The molecular weight excluding hydrogens is 340 g/mol. The zero-order chi connectivity index (χ0) is 19.4. The van der Waals surface area contributed by atoms with Crippen molar-refractivity contribution < 1.29 is 9.21 Å². The van der Waals surface area contributed by atoms with Gasteiger partial charge in [0.1, 0.15) is 11.5 Å². The van der Waals surface area contributed by atoms with Crippen molar-refractivity contribution in [2.24, 2.45) is 13.0 Å². The van der Waals surface area contributed by atoms with Crippen LogP contribution in [0.1, 0.15) is 49.3 Å². The Labute approximate surface area is 162 Å². The Kier molecular flexibility index (Phi) is 6.37. The number of hydrogen-bond acceptors (Lipinski definition) is 4. The van der Waals surface area contributed by atoms with Crippen LogP contribution in [0.15, 0.2) is 28.9 Å². The summed E-state index contributed by atoms with van der Waals surface area (Å²) in [6, 6.07) is 4.24. The van der Waals surface area contributed by atoms with Crippen LogP contribution in [0.3, 0.4) is 0 Å². The zero-order valence-corrected chi connectivity index (χ0v) is 17.0. The van der Waals surface area contributed by atoms with Gasteiger partial charge in [0.05, 0.1) is 6.20 Å². The van der Waals surface area contributed by atoms with E-state index in [2.05, 4.69) is 23.1 Å². The first-order valence-corrected chi connectivity index (χ1v) is 9.99. The lowest BCUT2D eigenvalue weighted by Crippen LogP contribution is -2.43. The lowest BCUT2D eigenvalue weighted by molar-refractivity contribution is -0.131. The maximum atomic E-state index is 12.6. The van der Waals surface area contributed by atoms with Crippen LogP contribution in [0.25, 0.3) is 0 Å². The Morgan fingerprint density at radius 1 is 1.41 bits per heavy atom. The monoisotopic (exact) mass is 372 g/mol. The largest absolute Gasteiger partial charge is 0.466 e. The van der Waals surface area contributed by atoms with Gasteiger partial charge in [-0.1, -0.05) is 6.92 Å². The molecule has 27 heavy (non-hydrogen) atoms. The highest BCUT2D eigenvalue weighted by molar-refractivity contribution is 5.76. The Morgan fingerprint density at radius 3 is 2.85 bits per heavy atom. The van der Waals surface area contributed by atoms with Gasteiger partial charge >= 0.3 is 0 Å². The first-order chi connectivity index (χ1) is 13.0. The molecule has 0 spiro atoms. The van der Waals surface area contributed by atoms with E-state index in [-0.39, 0.29) is 5.91 Å². The summed E-state index contributed by atoms with van der Waals surface area (Å²) in [5, 5.41) is 4.37. The molecular formula is C21H32N4O2. The van der Waals surface area contributed by atoms with E-state index in [0.29, 0.717) is 24.8 Å². The summed E-state index contributed by atoms with van der Waals surface area (Å²) in [7, 11) is 3.89. The van der Waals surface area contributed by atoms with Gasteiger partial charge in [0.25, 0.3) is 0 Å². The number of piperidine rings is 1. The number of hydrogen-bond donors (Lipinski definition) is 0. The van der Waals surface area contributed by atoms with Crippen molar-refractivity contribution in [2.45, 2.75) is 45.6 Å². The molecule has 0 unspecified atom stereocenters. The van der Waals surface area contributed by atoms with Gasteiger partial charge in [-0.25, -0.2) is 0 Å². The molecule has 3 heterocycles. The molecule has 0 saturated carbocycles. The fourth-order valence-corrected chi connectivity index (χ4v) is 4.27. The summed E-state index contributed by atoms with van der Waals surface area (Å²) in [6.07, 6.45) is 7.58. The summed E-state index contributed by atoms with van der Waals surface area (Å²) in [5.41, 5.74) is 1.26. The highest BCUT2D eigenvalue weighted by Crippen LogP contribution is 2.36. The highest BCUT2D eigenvalue weighted by Gasteiger charge is 2.33. The SMILES string of the molecule is CCN1CCC[C@@H](CN(C)C(=O)CCc2ccc(C)o2)[C@@H]1c1cnn(C)c1. The number of nitrogens with zero attached hydrogens (tertiary/aromatic N) is 4. The van der Waals surface area contributed by atoms with Gasteiger partial charge in [-0.3, -0.25) is 14.4 Å². The molecule has 2 aromatic rings. The van der Waals surface area contributed by atoms with E-state index in [0.717, 1.165) is 37.6 Å². The molecule has 148 valence electrons. The van der Waals surface area contributed by atoms with Crippen LogP contribution in [0.4, 0.5) is 0 Å². The average molecular weight is 373 g/mol. The van der Waals surface area contributed by atoms with E-state index in [1.807, 2.05) is 48.9 Å². The van der Waals surface area contributed by atoms with E-state index in [4.69, 9.17) is 4.42 Å². The standard InChI is InChI=1S/C21H32N4O2/c1-5-25-12-6-7-17(21(25)18-13-22-24(4)15-18)14-23(3)20(26)11-10-19-9-8-16(2)27-19/h8-9,13,15,17,21H,5-7,10-12,14H2,1-4H3/t17-,21+/m0/s1. The molecule has 1 saturated heterocycles. The van der Waals surface area contributed by atoms with Gasteiger partial charge in [-0.05, 0) is 50.9 Å². The third-order valence-electron chi connectivity index (χ3n) is 5.65. The summed E-state index contributed by atoms with van der Waals surface area (Å²) in [5.74, 6) is 2.40.